The Hall–Kier alpha value is -2.53. The fraction of sp³-hybridized carbons (Fsp3) is 0.435. The third kappa shape index (κ3) is 4.84. The van der Waals surface area contributed by atoms with E-state index in [1.165, 1.54) is 11.1 Å². The summed E-state index contributed by atoms with van der Waals surface area (Å²) in [6.45, 7) is 8.45. The number of carbonyl (C=O) groups excluding carboxylic acids is 1. The van der Waals surface area contributed by atoms with Crippen molar-refractivity contribution in [2.75, 3.05) is 45.2 Å². The van der Waals surface area contributed by atoms with Crippen molar-refractivity contribution >= 4 is 11.7 Å². The molecule has 5 nitrogen and oxygen atoms in total. The quantitative estimate of drug-likeness (QED) is 0.824. The number of hydrogen-bond donors (Lipinski definition) is 1. The number of nitrogens with zero attached hydrogens (tertiary/aromatic N) is 2. The van der Waals surface area contributed by atoms with Crippen LogP contribution in [0.4, 0.5) is 10.5 Å². The maximum Gasteiger partial charge on any atom is 0.321 e. The Morgan fingerprint density at radius 2 is 1.75 bits per heavy atom. The van der Waals surface area contributed by atoms with Crippen LogP contribution < -0.4 is 10.1 Å². The van der Waals surface area contributed by atoms with E-state index in [9.17, 15) is 4.79 Å². The van der Waals surface area contributed by atoms with Crippen molar-refractivity contribution < 1.29 is 9.53 Å². The molecule has 0 aliphatic carbocycles. The molecule has 0 unspecified atom stereocenters. The van der Waals surface area contributed by atoms with E-state index >= 15 is 0 Å². The molecule has 0 atom stereocenters. The van der Waals surface area contributed by atoms with Crippen LogP contribution in [0.1, 0.15) is 23.6 Å². The summed E-state index contributed by atoms with van der Waals surface area (Å²) >= 11 is 0. The van der Waals surface area contributed by atoms with Crippen molar-refractivity contribution in [3.63, 3.8) is 0 Å². The van der Waals surface area contributed by atoms with Crippen molar-refractivity contribution in [3.05, 3.63) is 59.2 Å². The lowest BCUT2D eigenvalue weighted by molar-refractivity contribution is 0.148. The number of amides is 2. The molecular formula is C23H31N3O2. The molecule has 2 aromatic rings. The Kier molecular flexibility index (Phi) is 6.93. The van der Waals surface area contributed by atoms with Crippen LogP contribution in [0.15, 0.2) is 42.5 Å². The van der Waals surface area contributed by atoms with E-state index in [1.54, 1.807) is 7.11 Å². The fourth-order valence-corrected chi connectivity index (χ4v) is 3.75. The monoisotopic (exact) mass is 381 g/mol. The largest absolute Gasteiger partial charge is 0.496 e. The Labute approximate surface area is 168 Å². The number of ether oxygens (including phenoxy) is 1. The van der Waals surface area contributed by atoms with Crippen LogP contribution in [-0.4, -0.2) is 55.7 Å². The molecule has 2 amide bonds. The molecule has 1 aliphatic heterocycles. The standard InChI is InChI=1S/C23H31N3O2/c1-4-19-10-7-8-18(2)22(19)24-23(27)26-16-14-25(15-17-26)13-12-20-9-5-6-11-21(20)28-3/h5-11H,4,12-17H2,1-3H3,(H,24,27). The first-order valence-electron chi connectivity index (χ1n) is 10.1. The van der Waals surface area contributed by atoms with E-state index in [1.807, 2.05) is 36.1 Å². The van der Waals surface area contributed by atoms with Crippen LogP contribution in [0.2, 0.25) is 0 Å². The zero-order valence-electron chi connectivity index (χ0n) is 17.2. The van der Waals surface area contributed by atoms with Crippen LogP contribution >= 0.6 is 0 Å². The summed E-state index contributed by atoms with van der Waals surface area (Å²) in [6, 6.07) is 14.4. The summed E-state index contributed by atoms with van der Waals surface area (Å²) in [5.74, 6) is 0.950. The van der Waals surface area contributed by atoms with Crippen LogP contribution in [0, 0.1) is 6.92 Å². The highest BCUT2D eigenvalue weighted by Gasteiger charge is 2.22. The number of methoxy groups -OCH3 is 1. The number of hydrogen-bond acceptors (Lipinski definition) is 3. The van der Waals surface area contributed by atoms with Crippen LogP contribution in [0.5, 0.6) is 5.75 Å². The van der Waals surface area contributed by atoms with Crippen LogP contribution in [0.3, 0.4) is 0 Å². The normalized spacial score (nSPS) is 14.8. The van der Waals surface area contributed by atoms with Gasteiger partial charge in [-0.3, -0.25) is 4.90 Å². The first kappa shape index (κ1) is 20.2. The summed E-state index contributed by atoms with van der Waals surface area (Å²) in [5.41, 5.74) is 4.50. The smallest absolute Gasteiger partial charge is 0.321 e. The van der Waals surface area contributed by atoms with Gasteiger partial charge in [0.05, 0.1) is 7.11 Å². The van der Waals surface area contributed by atoms with Gasteiger partial charge < -0.3 is 15.0 Å². The lowest BCUT2D eigenvalue weighted by atomic mass is 10.1. The van der Waals surface area contributed by atoms with Gasteiger partial charge in [0.2, 0.25) is 0 Å². The van der Waals surface area contributed by atoms with Gasteiger partial charge in [-0.1, -0.05) is 43.3 Å². The average Bonchev–Trinajstić information content (AvgIpc) is 2.74. The third-order valence-electron chi connectivity index (χ3n) is 5.52. The van der Waals surface area contributed by atoms with E-state index in [-0.39, 0.29) is 6.03 Å². The van der Waals surface area contributed by atoms with E-state index < -0.39 is 0 Å². The van der Waals surface area contributed by atoms with Crippen LogP contribution in [0.25, 0.3) is 0 Å². The maximum atomic E-state index is 12.7. The molecule has 1 fully saturated rings. The second-order valence-electron chi connectivity index (χ2n) is 7.28. The van der Waals surface area contributed by atoms with Crippen molar-refractivity contribution in [1.82, 2.24) is 9.80 Å². The van der Waals surface area contributed by atoms with E-state index in [0.717, 1.165) is 62.6 Å². The number of carbonyl (C=O) groups is 1. The number of piperazine rings is 1. The number of benzene rings is 2. The Balaban J connectivity index is 1.50. The molecule has 1 N–H and O–H groups in total. The second kappa shape index (κ2) is 9.60. The first-order valence-corrected chi connectivity index (χ1v) is 10.1. The summed E-state index contributed by atoms with van der Waals surface area (Å²) in [4.78, 5) is 17.1. The molecule has 1 heterocycles. The molecule has 3 rings (SSSR count). The molecule has 0 aromatic heterocycles. The summed E-state index contributed by atoms with van der Waals surface area (Å²) < 4.78 is 5.44. The Morgan fingerprint density at radius 1 is 1.04 bits per heavy atom. The predicted molar refractivity (Wildman–Crippen MR) is 114 cm³/mol. The number of urea groups is 1. The van der Waals surface area contributed by atoms with Crippen molar-refractivity contribution in [2.45, 2.75) is 26.7 Å². The van der Waals surface area contributed by atoms with E-state index in [4.69, 9.17) is 4.74 Å². The van der Waals surface area contributed by atoms with Gasteiger partial charge in [0, 0.05) is 38.4 Å². The van der Waals surface area contributed by atoms with Gasteiger partial charge >= 0.3 is 6.03 Å². The average molecular weight is 382 g/mol. The number of rotatable bonds is 6. The van der Waals surface area contributed by atoms with E-state index in [2.05, 4.69) is 35.3 Å². The molecule has 150 valence electrons. The Bertz CT molecular complexity index is 798. The molecule has 1 aliphatic rings. The number of nitrogens with one attached hydrogen (secondary N) is 1. The molecular weight excluding hydrogens is 350 g/mol. The van der Waals surface area contributed by atoms with Gasteiger partial charge in [0.25, 0.3) is 0 Å². The molecule has 1 saturated heterocycles. The highest BCUT2D eigenvalue weighted by Crippen LogP contribution is 2.22. The fourth-order valence-electron chi connectivity index (χ4n) is 3.75. The Morgan fingerprint density at radius 3 is 2.46 bits per heavy atom. The zero-order chi connectivity index (χ0) is 19.9. The molecule has 0 radical (unpaired) electrons. The van der Waals surface area contributed by atoms with Gasteiger partial charge in [0.1, 0.15) is 5.75 Å². The molecule has 2 aromatic carbocycles. The van der Waals surface area contributed by atoms with Gasteiger partial charge in [-0.25, -0.2) is 4.79 Å². The van der Waals surface area contributed by atoms with Gasteiger partial charge in [-0.2, -0.15) is 0 Å². The maximum absolute atomic E-state index is 12.7. The third-order valence-corrected chi connectivity index (χ3v) is 5.52. The first-order chi connectivity index (χ1) is 13.6. The van der Waals surface area contributed by atoms with Crippen molar-refractivity contribution in [1.29, 1.82) is 0 Å². The van der Waals surface area contributed by atoms with Crippen molar-refractivity contribution in [2.24, 2.45) is 0 Å². The summed E-state index contributed by atoms with van der Waals surface area (Å²) in [5, 5.41) is 3.14. The molecule has 28 heavy (non-hydrogen) atoms. The van der Waals surface area contributed by atoms with Crippen LogP contribution in [-0.2, 0) is 12.8 Å². The number of aryl methyl sites for hydroxylation is 2. The minimum absolute atomic E-state index is 0.00776. The van der Waals surface area contributed by atoms with Crippen molar-refractivity contribution in [3.8, 4) is 5.75 Å². The summed E-state index contributed by atoms with van der Waals surface area (Å²) in [6.07, 6.45) is 1.87. The highest BCUT2D eigenvalue weighted by atomic mass is 16.5. The van der Waals surface area contributed by atoms with Gasteiger partial charge in [0.15, 0.2) is 0 Å². The number of para-hydroxylation sites is 2. The molecule has 5 heteroatoms. The highest BCUT2D eigenvalue weighted by molar-refractivity contribution is 5.91. The number of anilines is 1. The lowest BCUT2D eigenvalue weighted by Gasteiger charge is -2.35. The zero-order valence-corrected chi connectivity index (χ0v) is 17.2. The molecule has 0 spiro atoms. The minimum Gasteiger partial charge on any atom is -0.496 e. The van der Waals surface area contributed by atoms with E-state index in [0.29, 0.717) is 0 Å². The lowest BCUT2D eigenvalue weighted by Crippen LogP contribution is -2.50. The van der Waals surface area contributed by atoms with Gasteiger partial charge in [-0.05, 0) is 42.5 Å². The second-order valence-corrected chi connectivity index (χ2v) is 7.28. The topological polar surface area (TPSA) is 44.8 Å². The molecule has 0 bridgehead atoms. The summed E-state index contributed by atoms with van der Waals surface area (Å²) in [7, 11) is 1.72. The molecule has 0 saturated carbocycles. The predicted octanol–water partition coefficient (Wildman–Crippen LogP) is 3.96. The minimum atomic E-state index is 0.00776. The SMILES string of the molecule is CCc1cccc(C)c1NC(=O)N1CCN(CCc2ccccc2OC)CC1. The van der Waals surface area contributed by atoms with Gasteiger partial charge in [-0.15, -0.1) is 0 Å².